The molecule has 0 bridgehead atoms. The van der Waals surface area contributed by atoms with Crippen LogP contribution >= 0.6 is 11.8 Å². The monoisotopic (exact) mass is 562 g/mol. The summed E-state index contributed by atoms with van der Waals surface area (Å²) in [5.74, 6) is 0.177. The molecule has 3 amide bonds. The summed E-state index contributed by atoms with van der Waals surface area (Å²) in [7, 11) is 0. The number of imide groups is 1. The number of nitrogens with zero attached hydrogens (tertiary/aromatic N) is 5. The summed E-state index contributed by atoms with van der Waals surface area (Å²) >= 11 is 1.30. The number of carbonyl (C=O) groups is 3. The molecule has 3 heterocycles. The molecule has 6 rings (SSSR count). The Balaban J connectivity index is 1.14. The molecule has 1 N–H and O–H groups in total. The zero-order valence-corrected chi connectivity index (χ0v) is 22.9. The first-order valence-corrected chi connectivity index (χ1v) is 14.2. The number of rotatable bonds is 10. The van der Waals surface area contributed by atoms with Crippen molar-refractivity contribution < 1.29 is 14.4 Å². The standard InChI is InChI=1S/C31H26N6O3S/c38-27(33-19-21-8-6-16-32-18-21)20-41-31-35-34-26(37(31)23-11-2-1-3-12-23)15-7-17-36-29(39)24-13-4-9-22-10-5-14-25(28(22)24)30(36)40/h1-6,8-14,16,18H,7,15,17,19-20H2,(H,33,38). The van der Waals surface area contributed by atoms with Crippen LogP contribution in [0.25, 0.3) is 16.5 Å². The number of aromatic nitrogens is 4. The molecule has 9 nitrogen and oxygen atoms in total. The molecule has 10 heteroatoms. The highest BCUT2D eigenvalue weighted by molar-refractivity contribution is 7.99. The number of hydrogen-bond donors (Lipinski definition) is 1. The molecular weight excluding hydrogens is 536 g/mol. The van der Waals surface area contributed by atoms with E-state index in [1.807, 2.05) is 71.3 Å². The molecule has 0 aliphatic carbocycles. The van der Waals surface area contributed by atoms with Gasteiger partial charge >= 0.3 is 0 Å². The molecule has 0 atom stereocenters. The second-order valence-electron chi connectivity index (χ2n) is 9.57. The highest BCUT2D eigenvalue weighted by Gasteiger charge is 2.32. The van der Waals surface area contributed by atoms with E-state index in [2.05, 4.69) is 20.5 Å². The van der Waals surface area contributed by atoms with Gasteiger partial charge in [-0.2, -0.15) is 0 Å². The topological polar surface area (TPSA) is 110 Å². The van der Waals surface area contributed by atoms with Crippen LogP contribution in [0.3, 0.4) is 0 Å². The van der Waals surface area contributed by atoms with E-state index in [1.54, 1.807) is 24.5 Å². The number of benzene rings is 3. The molecule has 204 valence electrons. The van der Waals surface area contributed by atoms with E-state index < -0.39 is 0 Å². The minimum Gasteiger partial charge on any atom is -0.351 e. The molecule has 5 aromatic rings. The molecule has 0 fully saturated rings. The molecule has 1 aliphatic rings. The van der Waals surface area contributed by atoms with Gasteiger partial charge in [0.25, 0.3) is 11.8 Å². The van der Waals surface area contributed by atoms with Crippen LogP contribution in [0.1, 0.15) is 38.5 Å². The maximum Gasteiger partial charge on any atom is 0.261 e. The van der Waals surface area contributed by atoms with Gasteiger partial charge in [-0.25, -0.2) is 0 Å². The molecule has 0 saturated carbocycles. The molecular formula is C31H26N6O3S. The Morgan fingerprint density at radius 2 is 1.61 bits per heavy atom. The number of carbonyl (C=O) groups excluding carboxylic acids is 3. The maximum atomic E-state index is 13.3. The zero-order chi connectivity index (χ0) is 28.2. The van der Waals surface area contributed by atoms with Crippen LogP contribution in [-0.2, 0) is 17.8 Å². The van der Waals surface area contributed by atoms with Crippen LogP contribution in [0.2, 0.25) is 0 Å². The molecule has 0 unspecified atom stereocenters. The Hall–Kier alpha value is -4.83. The zero-order valence-electron chi connectivity index (χ0n) is 22.1. The molecule has 41 heavy (non-hydrogen) atoms. The van der Waals surface area contributed by atoms with Crippen molar-refractivity contribution in [2.24, 2.45) is 0 Å². The van der Waals surface area contributed by atoms with Gasteiger partial charge in [0.05, 0.1) is 5.75 Å². The quantitative estimate of drug-likeness (QED) is 0.198. The molecule has 0 spiro atoms. The van der Waals surface area contributed by atoms with Gasteiger partial charge < -0.3 is 5.32 Å². The first-order chi connectivity index (χ1) is 20.1. The number of hydrogen-bond acceptors (Lipinski definition) is 7. The first kappa shape index (κ1) is 26.4. The summed E-state index contributed by atoms with van der Waals surface area (Å²) in [6, 6.07) is 24.5. The summed E-state index contributed by atoms with van der Waals surface area (Å²) in [5, 5.41) is 13.9. The van der Waals surface area contributed by atoms with Gasteiger partial charge in [0.1, 0.15) is 5.82 Å². The SMILES string of the molecule is O=C(CSc1nnc(CCCN2C(=O)c3cccc4cccc(c34)C2=O)n1-c1ccccc1)NCc1cccnc1. The van der Waals surface area contributed by atoms with Crippen molar-refractivity contribution in [3.63, 3.8) is 0 Å². The number of thioether (sulfide) groups is 1. The van der Waals surface area contributed by atoms with E-state index >= 15 is 0 Å². The largest absolute Gasteiger partial charge is 0.351 e. The van der Waals surface area contributed by atoms with Crippen molar-refractivity contribution in [1.82, 2.24) is 30.0 Å². The average molecular weight is 563 g/mol. The van der Waals surface area contributed by atoms with Gasteiger partial charge in [0.15, 0.2) is 5.16 Å². The lowest BCUT2D eigenvalue weighted by atomic mass is 9.94. The summed E-state index contributed by atoms with van der Waals surface area (Å²) in [6.45, 7) is 0.653. The Bertz CT molecular complexity index is 1690. The van der Waals surface area contributed by atoms with E-state index in [0.29, 0.717) is 41.5 Å². The van der Waals surface area contributed by atoms with Crippen molar-refractivity contribution >= 4 is 40.3 Å². The third-order valence-electron chi connectivity index (χ3n) is 6.90. The molecule has 0 saturated heterocycles. The van der Waals surface area contributed by atoms with Crippen LogP contribution in [0.4, 0.5) is 0 Å². The second kappa shape index (κ2) is 11.7. The average Bonchev–Trinajstić information content (AvgIpc) is 3.42. The van der Waals surface area contributed by atoms with Crippen LogP contribution in [0.5, 0.6) is 0 Å². The Morgan fingerprint density at radius 3 is 2.32 bits per heavy atom. The predicted molar refractivity (Wildman–Crippen MR) is 156 cm³/mol. The fourth-order valence-corrected chi connectivity index (χ4v) is 5.76. The Labute approximate surface area is 240 Å². The second-order valence-corrected chi connectivity index (χ2v) is 10.5. The van der Waals surface area contributed by atoms with Crippen molar-refractivity contribution in [2.45, 2.75) is 24.5 Å². The van der Waals surface area contributed by atoms with Gasteiger partial charge in [-0.3, -0.25) is 28.8 Å². The molecule has 0 radical (unpaired) electrons. The van der Waals surface area contributed by atoms with Crippen LogP contribution in [0.15, 0.2) is 96.4 Å². The maximum absolute atomic E-state index is 13.3. The number of pyridine rings is 1. The number of para-hydroxylation sites is 1. The smallest absolute Gasteiger partial charge is 0.261 e. The molecule has 2 aromatic heterocycles. The lowest BCUT2D eigenvalue weighted by Gasteiger charge is -2.27. The van der Waals surface area contributed by atoms with Gasteiger partial charge in [0, 0.05) is 54.1 Å². The van der Waals surface area contributed by atoms with Crippen molar-refractivity contribution in [1.29, 1.82) is 0 Å². The summed E-state index contributed by atoms with van der Waals surface area (Å²) in [4.78, 5) is 44.5. The van der Waals surface area contributed by atoms with Crippen molar-refractivity contribution in [3.8, 4) is 5.69 Å². The molecule has 1 aliphatic heterocycles. The summed E-state index contributed by atoms with van der Waals surface area (Å²) in [5.41, 5.74) is 2.89. The van der Waals surface area contributed by atoms with Crippen LogP contribution in [0, 0.1) is 0 Å². The van der Waals surface area contributed by atoms with E-state index in [0.717, 1.165) is 22.0 Å². The summed E-state index contributed by atoms with van der Waals surface area (Å²) in [6.07, 6.45) is 4.40. The van der Waals surface area contributed by atoms with Gasteiger partial charge in [-0.15, -0.1) is 10.2 Å². The fraction of sp³-hybridized carbons (Fsp3) is 0.161. The number of amides is 3. The van der Waals surface area contributed by atoms with E-state index in [1.165, 1.54) is 16.7 Å². The third kappa shape index (κ3) is 5.46. The van der Waals surface area contributed by atoms with Gasteiger partial charge in [-0.05, 0) is 47.7 Å². The normalized spacial score (nSPS) is 12.6. The fourth-order valence-electron chi connectivity index (χ4n) is 4.96. The van der Waals surface area contributed by atoms with Crippen molar-refractivity contribution in [2.75, 3.05) is 12.3 Å². The third-order valence-corrected chi connectivity index (χ3v) is 7.83. The predicted octanol–water partition coefficient (Wildman–Crippen LogP) is 4.45. The van der Waals surface area contributed by atoms with E-state index in [4.69, 9.17) is 0 Å². The molecule has 3 aromatic carbocycles. The van der Waals surface area contributed by atoms with Crippen LogP contribution in [-0.4, -0.2) is 54.7 Å². The Kier molecular flexibility index (Phi) is 7.55. The van der Waals surface area contributed by atoms with Crippen molar-refractivity contribution in [3.05, 3.63) is 114 Å². The number of aryl methyl sites for hydroxylation is 1. The van der Waals surface area contributed by atoms with E-state index in [-0.39, 0.29) is 30.0 Å². The highest BCUT2D eigenvalue weighted by atomic mass is 32.2. The minimum absolute atomic E-state index is 0.125. The first-order valence-electron chi connectivity index (χ1n) is 13.3. The lowest BCUT2D eigenvalue weighted by molar-refractivity contribution is -0.118. The van der Waals surface area contributed by atoms with Gasteiger partial charge in [0.2, 0.25) is 5.91 Å². The summed E-state index contributed by atoms with van der Waals surface area (Å²) < 4.78 is 1.93. The van der Waals surface area contributed by atoms with Gasteiger partial charge in [-0.1, -0.05) is 60.3 Å². The lowest BCUT2D eigenvalue weighted by Crippen LogP contribution is -2.41. The minimum atomic E-state index is -0.280. The van der Waals surface area contributed by atoms with Crippen LogP contribution < -0.4 is 5.32 Å². The number of nitrogens with one attached hydrogen (secondary N) is 1. The Morgan fingerprint density at radius 1 is 0.854 bits per heavy atom. The highest BCUT2D eigenvalue weighted by Crippen LogP contribution is 2.30. The van der Waals surface area contributed by atoms with E-state index in [9.17, 15) is 14.4 Å².